The molecule has 1 saturated heterocycles. The Balaban J connectivity index is 0.00000208. The molecule has 0 radical (unpaired) electrons. The molecule has 0 bridgehead atoms. The maximum Gasteiger partial charge on any atom is 0.194 e. The van der Waals surface area contributed by atoms with Crippen LogP contribution in [0, 0.1) is 6.92 Å². The standard InChI is InChI=1S/C17H25N5S.HI/c1-4-15-12-21(8-9-23-15)17(18-3)19-10-14-11-22-13(2)6-5-7-16(22)20-14;/h5-7,11,15H,4,8-10,12H2,1-3H3,(H,18,19);1H. The van der Waals surface area contributed by atoms with Gasteiger partial charge < -0.3 is 14.6 Å². The number of aliphatic imine (C=N–C) groups is 1. The van der Waals surface area contributed by atoms with E-state index in [0.717, 1.165) is 30.4 Å². The summed E-state index contributed by atoms with van der Waals surface area (Å²) >= 11 is 2.07. The predicted octanol–water partition coefficient (Wildman–Crippen LogP) is 3.16. The van der Waals surface area contributed by atoms with Crippen molar-refractivity contribution in [3.8, 4) is 0 Å². The maximum absolute atomic E-state index is 4.68. The lowest BCUT2D eigenvalue weighted by atomic mass is 10.3. The number of thioether (sulfide) groups is 1. The number of pyridine rings is 1. The molecule has 0 aromatic carbocycles. The van der Waals surface area contributed by atoms with E-state index in [2.05, 4.69) is 62.5 Å². The summed E-state index contributed by atoms with van der Waals surface area (Å²) in [6, 6.07) is 6.18. The van der Waals surface area contributed by atoms with E-state index < -0.39 is 0 Å². The summed E-state index contributed by atoms with van der Waals surface area (Å²) in [4.78, 5) is 11.5. The van der Waals surface area contributed by atoms with Crippen LogP contribution in [0.4, 0.5) is 0 Å². The third-order valence-corrected chi connectivity index (χ3v) is 5.65. The molecule has 1 aliphatic rings. The van der Waals surface area contributed by atoms with Crippen LogP contribution in [0.2, 0.25) is 0 Å². The van der Waals surface area contributed by atoms with Crippen molar-refractivity contribution >= 4 is 47.3 Å². The van der Waals surface area contributed by atoms with Crippen molar-refractivity contribution in [2.45, 2.75) is 32.1 Å². The number of nitrogens with zero attached hydrogens (tertiary/aromatic N) is 4. The van der Waals surface area contributed by atoms with Crippen LogP contribution < -0.4 is 5.32 Å². The molecule has 2 aromatic rings. The molecule has 1 unspecified atom stereocenters. The fourth-order valence-corrected chi connectivity index (χ4v) is 4.12. The number of imidazole rings is 1. The minimum atomic E-state index is 0. The molecule has 132 valence electrons. The Bertz CT molecular complexity index is 699. The maximum atomic E-state index is 4.68. The highest BCUT2D eigenvalue weighted by Gasteiger charge is 2.21. The van der Waals surface area contributed by atoms with Crippen molar-refractivity contribution < 1.29 is 0 Å². The molecule has 0 aliphatic carbocycles. The predicted molar refractivity (Wildman–Crippen MR) is 114 cm³/mol. The molecule has 3 rings (SSSR count). The molecule has 3 heterocycles. The zero-order valence-corrected chi connectivity index (χ0v) is 17.7. The first-order chi connectivity index (χ1) is 11.2. The molecule has 2 aromatic heterocycles. The van der Waals surface area contributed by atoms with Crippen LogP contribution >= 0.6 is 35.7 Å². The average molecular weight is 459 g/mol. The molecule has 1 atom stereocenters. The number of halogens is 1. The van der Waals surface area contributed by atoms with Gasteiger partial charge in [0.15, 0.2) is 5.96 Å². The summed E-state index contributed by atoms with van der Waals surface area (Å²) in [5.74, 6) is 2.16. The summed E-state index contributed by atoms with van der Waals surface area (Å²) < 4.78 is 2.13. The van der Waals surface area contributed by atoms with Gasteiger partial charge in [0.05, 0.1) is 12.2 Å². The smallest absolute Gasteiger partial charge is 0.194 e. The molecular formula is C17H26IN5S. The third-order valence-electron chi connectivity index (χ3n) is 4.28. The molecule has 1 aliphatic heterocycles. The Hall–Kier alpha value is -0.960. The van der Waals surface area contributed by atoms with Gasteiger partial charge in [-0.2, -0.15) is 11.8 Å². The second-order valence-electron chi connectivity index (χ2n) is 5.88. The largest absolute Gasteiger partial charge is 0.351 e. The van der Waals surface area contributed by atoms with E-state index in [1.165, 1.54) is 17.9 Å². The fourth-order valence-electron chi connectivity index (χ4n) is 2.94. The lowest BCUT2D eigenvalue weighted by Crippen LogP contribution is -2.47. The SMILES string of the molecule is CCC1CN(C(=NC)NCc2cn3c(C)cccc3n2)CCS1.I. The molecule has 5 nitrogen and oxygen atoms in total. The Kier molecular flexibility index (Phi) is 7.21. The van der Waals surface area contributed by atoms with Crippen LogP contribution in [0.3, 0.4) is 0 Å². The normalized spacial score (nSPS) is 18.5. The fraction of sp³-hybridized carbons (Fsp3) is 0.529. The minimum Gasteiger partial charge on any atom is -0.351 e. The van der Waals surface area contributed by atoms with E-state index >= 15 is 0 Å². The summed E-state index contributed by atoms with van der Waals surface area (Å²) in [6.45, 7) is 7.20. The number of rotatable bonds is 3. The minimum absolute atomic E-state index is 0. The Morgan fingerprint density at radius 1 is 1.46 bits per heavy atom. The zero-order valence-electron chi connectivity index (χ0n) is 14.5. The van der Waals surface area contributed by atoms with Crippen molar-refractivity contribution in [3.05, 3.63) is 35.8 Å². The van der Waals surface area contributed by atoms with Crippen molar-refractivity contribution in [2.75, 3.05) is 25.9 Å². The second-order valence-corrected chi connectivity index (χ2v) is 7.28. The van der Waals surface area contributed by atoms with Crippen LogP contribution in [0.15, 0.2) is 29.4 Å². The Morgan fingerprint density at radius 2 is 2.29 bits per heavy atom. The molecule has 1 fully saturated rings. The lowest BCUT2D eigenvalue weighted by Gasteiger charge is -2.34. The summed E-state index contributed by atoms with van der Waals surface area (Å²) in [6.07, 6.45) is 3.32. The van der Waals surface area contributed by atoms with Gasteiger partial charge in [0.2, 0.25) is 0 Å². The molecular weight excluding hydrogens is 433 g/mol. The number of aryl methyl sites for hydroxylation is 1. The van der Waals surface area contributed by atoms with Crippen molar-refractivity contribution in [2.24, 2.45) is 4.99 Å². The molecule has 7 heteroatoms. The van der Waals surface area contributed by atoms with Crippen LogP contribution in [0.1, 0.15) is 24.7 Å². The highest BCUT2D eigenvalue weighted by atomic mass is 127. The first-order valence-corrected chi connectivity index (χ1v) is 9.27. The van der Waals surface area contributed by atoms with Crippen LogP contribution in [0.25, 0.3) is 5.65 Å². The first kappa shape index (κ1) is 19.4. The zero-order chi connectivity index (χ0) is 16.2. The van der Waals surface area contributed by atoms with Crippen molar-refractivity contribution in [1.29, 1.82) is 0 Å². The van der Waals surface area contributed by atoms with E-state index in [4.69, 9.17) is 0 Å². The number of hydrogen-bond acceptors (Lipinski definition) is 3. The number of aromatic nitrogens is 2. The van der Waals surface area contributed by atoms with Gasteiger partial charge in [0.25, 0.3) is 0 Å². The van der Waals surface area contributed by atoms with E-state index in [1.807, 2.05) is 19.2 Å². The van der Waals surface area contributed by atoms with E-state index in [1.54, 1.807) is 0 Å². The van der Waals surface area contributed by atoms with Gasteiger partial charge in [-0.1, -0.05) is 13.0 Å². The average Bonchev–Trinajstić information content (AvgIpc) is 3.00. The van der Waals surface area contributed by atoms with E-state index in [0.29, 0.717) is 11.8 Å². The van der Waals surface area contributed by atoms with Crippen LogP contribution in [-0.2, 0) is 6.54 Å². The summed E-state index contributed by atoms with van der Waals surface area (Å²) in [7, 11) is 1.86. The van der Waals surface area contributed by atoms with Crippen molar-refractivity contribution in [3.63, 3.8) is 0 Å². The van der Waals surface area contributed by atoms with Gasteiger partial charge in [0, 0.05) is 43.0 Å². The number of guanidine groups is 1. The van der Waals surface area contributed by atoms with Crippen molar-refractivity contribution in [1.82, 2.24) is 19.6 Å². The quantitative estimate of drug-likeness (QED) is 0.435. The molecule has 0 amide bonds. The Labute approximate surface area is 165 Å². The van der Waals surface area contributed by atoms with E-state index in [9.17, 15) is 0 Å². The summed E-state index contributed by atoms with van der Waals surface area (Å²) in [5, 5.41) is 4.18. The molecule has 0 saturated carbocycles. The highest BCUT2D eigenvalue weighted by Crippen LogP contribution is 2.21. The van der Waals surface area contributed by atoms with Crippen LogP contribution in [0.5, 0.6) is 0 Å². The van der Waals surface area contributed by atoms with Gasteiger partial charge >= 0.3 is 0 Å². The third kappa shape index (κ3) is 4.36. The van der Waals surface area contributed by atoms with Gasteiger partial charge in [-0.3, -0.25) is 4.99 Å². The van der Waals surface area contributed by atoms with Gasteiger partial charge in [0.1, 0.15) is 5.65 Å². The monoisotopic (exact) mass is 459 g/mol. The number of nitrogens with one attached hydrogen (secondary N) is 1. The molecule has 24 heavy (non-hydrogen) atoms. The van der Waals surface area contributed by atoms with Crippen LogP contribution in [-0.4, -0.2) is 51.4 Å². The number of fused-ring (bicyclic) bond motifs is 1. The van der Waals surface area contributed by atoms with Gasteiger partial charge in [-0.25, -0.2) is 4.98 Å². The lowest BCUT2D eigenvalue weighted by molar-refractivity contribution is 0.408. The molecule has 1 N–H and O–H groups in total. The topological polar surface area (TPSA) is 44.9 Å². The summed E-state index contributed by atoms with van der Waals surface area (Å²) in [5.41, 5.74) is 3.24. The highest BCUT2D eigenvalue weighted by molar-refractivity contribution is 14.0. The van der Waals surface area contributed by atoms with E-state index in [-0.39, 0.29) is 24.0 Å². The second kappa shape index (κ2) is 8.94. The van der Waals surface area contributed by atoms with Gasteiger partial charge in [-0.05, 0) is 25.5 Å². The first-order valence-electron chi connectivity index (χ1n) is 8.22. The number of hydrogen-bond donors (Lipinski definition) is 1. The molecule has 0 spiro atoms. The Morgan fingerprint density at radius 3 is 3.00 bits per heavy atom. The van der Waals surface area contributed by atoms with Gasteiger partial charge in [-0.15, -0.1) is 24.0 Å².